The Hall–Kier alpha value is -1.44. The molecule has 2 saturated heterocycles. The fourth-order valence-corrected chi connectivity index (χ4v) is 5.39. The van der Waals surface area contributed by atoms with E-state index < -0.39 is 10.2 Å². The number of hydrogen-bond donors (Lipinski definition) is 0. The van der Waals surface area contributed by atoms with E-state index in [9.17, 15) is 13.2 Å². The van der Waals surface area contributed by atoms with Gasteiger partial charge in [-0.15, -0.1) is 0 Å². The van der Waals surface area contributed by atoms with Crippen molar-refractivity contribution < 1.29 is 13.2 Å². The van der Waals surface area contributed by atoms with Gasteiger partial charge in [-0.25, -0.2) is 0 Å². The van der Waals surface area contributed by atoms with Crippen LogP contribution in [0.25, 0.3) is 0 Å². The predicted molar refractivity (Wildman–Crippen MR) is 102 cm³/mol. The number of benzene rings is 1. The van der Waals surface area contributed by atoms with Crippen LogP contribution in [0.1, 0.15) is 37.7 Å². The van der Waals surface area contributed by atoms with E-state index in [-0.39, 0.29) is 17.2 Å². The van der Waals surface area contributed by atoms with Crippen molar-refractivity contribution in [3.63, 3.8) is 0 Å². The van der Waals surface area contributed by atoms with Gasteiger partial charge in [-0.2, -0.15) is 17.0 Å². The lowest BCUT2D eigenvalue weighted by Gasteiger charge is -2.49. The molecule has 144 valence electrons. The minimum atomic E-state index is -3.36. The molecule has 1 unspecified atom stereocenters. The number of likely N-dealkylation sites (N-methyl/N-ethyl adjacent to an activating group) is 1. The van der Waals surface area contributed by atoms with Gasteiger partial charge < -0.3 is 4.90 Å². The number of amides is 1. The van der Waals surface area contributed by atoms with Crippen molar-refractivity contribution in [3.05, 3.63) is 35.9 Å². The van der Waals surface area contributed by atoms with E-state index in [4.69, 9.17) is 0 Å². The van der Waals surface area contributed by atoms with E-state index in [1.807, 2.05) is 42.2 Å². The summed E-state index contributed by atoms with van der Waals surface area (Å²) in [6.07, 6.45) is 2.41. The minimum Gasteiger partial charge on any atom is -0.342 e. The first kappa shape index (κ1) is 19.3. The van der Waals surface area contributed by atoms with E-state index in [1.54, 1.807) is 18.4 Å². The van der Waals surface area contributed by atoms with Gasteiger partial charge in [-0.05, 0) is 37.2 Å². The zero-order valence-corrected chi connectivity index (χ0v) is 16.7. The lowest BCUT2D eigenvalue weighted by Crippen LogP contribution is -2.55. The first-order chi connectivity index (χ1) is 12.3. The summed E-state index contributed by atoms with van der Waals surface area (Å²) in [5.74, 6) is 0.0783. The Kier molecular flexibility index (Phi) is 5.42. The normalized spacial score (nSPS) is 24.4. The Labute approximate surface area is 157 Å². The molecule has 2 fully saturated rings. The standard InChI is InChI=1S/C19H29N3O3S/c1-4-21-15-19(10-12-22(13-11-19)26(24,25)20(2)3)14-17(18(21)23)16-8-6-5-7-9-16/h5-9,17H,4,10-15H2,1-3H3. The molecule has 0 radical (unpaired) electrons. The lowest BCUT2D eigenvalue weighted by atomic mass is 9.68. The van der Waals surface area contributed by atoms with Crippen LogP contribution in [-0.4, -0.2) is 68.1 Å². The molecule has 0 bridgehead atoms. The van der Waals surface area contributed by atoms with Gasteiger partial charge in [0.2, 0.25) is 5.91 Å². The number of likely N-dealkylation sites (tertiary alicyclic amines) is 1. The predicted octanol–water partition coefficient (Wildman–Crippen LogP) is 1.91. The van der Waals surface area contributed by atoms with Crippen molar-refractivity contribution in [3.8, 4) is 0 Å². The summed E-state index contributed by atoms with van der Waals surface area (Å²) in [6.45, 7) is 4.50. The minimum absolute atomic E-state index is 0.00274. The van der Waals surface area contributed by atoms with Crippen molar-refractivity contribution in [2.24, 2.45) is 5.41 Å². The van der Waals surface area contributed by atoms with Crippen LogP contribution in [-0.2, 0) is 15.0 Å². The molecule has 26 heavy (non-hydrogen) atoms. The average molecular weight is 380 g/mol. The third-order valence-electron chi connectivity index (χ3n) is 5.93. The van der Waals surface area contributed by atoms with E-state index >= 15 is 0 Å². The number of carbonyl (C=O) groups excluding carboxylic acids is 1. The second kappa shape index (κ2) is 7.29. The first-order valence-electron chi connectivity index (χ1n) is 9.30. The second-order valence-electron chi connectivity index (χ2n) is 7.71. The van der Waals surface area contributed by atoms with Gasteiger partial charge in [0.25, 0.3) is 10.2 Å². The Balaban J connectivity index is 1.81. The molecule has 0 N–H and O–H groups in total. The quantitative estimate of drug-likeness (QED) is 0.803. The third kappa shape index (κ3) is 3.52. The summed E-state index contributed by atoms with van der Waals surface area (Å²) in [5.41, 5.74) is 1.07. The highest BCUT2D eigenvalue weighted by molar-refractivity contribution is 7.86. The van der Waals surface area contributed by atoms with Gasteiger partial charge in [0, 0.05) is 40.3 Å². The molecule has 1 amide bonds. The van der Waals surface area contributed by atoms with Crippen molar-refractivity contribution in [1.29, 1.82) is 0 Å². The lowest BCUT2D eigenvalue weighted by molar-refractivity contribution is -0.141. The summed E-state index contributed by atoms with van der Waals surface area (Å²) in [4.78, 5) is 14.9. The summed E-state index contributed by atoms with van der Waals surface area (Å²) in [7, 11) is -0.219. The molecule has 0 aliphatic carbocycles. The largest absolute Gasteiger partial charge is 0.342 e. The zero-order chi connectivity index (χ0) is 18.9. The van der Waals surface area contributed by atoms with Crippen LogP contribution < -0.4 is 0 Å². The van der Waals surface area contributed by atoms with Crippen LogP contribution >= 0.6 is 0 Å². The SMILES string of the molecule is CCN1CC2(CCN(S(=O)(=O)N(C)C)CC2)CC(c2ccccc2)C1=O. The topological polar surface area (TPSA) is 60.9 Å². The highest BCUT2D eigenvalue weighted by atomic mass is 32.2. The number of nitrogens with zero attached hydrogens (tertiary/aromatic N) is 3. The summed E-state index contributed by atoms with van der Waals surface area (Å²) < 4.78 is 27.7. The first-order valence-corrected chi connectivity index (χ1v) is 10.7. The van der Waals surface area contributed by atoms with E-state index in [2.05, 4.69) is 0 Å². The van der Waals surface area contributed by atoms with Crippen LogP contribution in [0.15, 0.2) is 30.3 Å². The summed E-state index contributed by atoms with van der Waals surface area (Å²) >= 11 is 0. The fourth-order valence-electron chi connectivity index (χ4n) is 4.29. The molecule has 0 aromatic heterocycles. The third-order valence-corrected chi connectivity index (χ3v) is 7.87. The van der Waals surface area contributed by atoms with Gasteiger partial charge in [-0.1, -0.05) is 30.3 Å². The average Bonchev–Trinajstić information content (AvgIpc) is 2.64. The second-order valence-corrected chi connectivity index (χ2v) is 9.85. The number of carbonyl (C=O) groups is 1. The van der Waals surface area contributed by atoms with Gasteiger partial charge in [0.15, 0.2) is 0 Å². The molecule has 2 heterocycles. The molecule has 6 nitrogen and oxygen atoms in total. The van der Waals surface area contributed by atoms with E-state index in [0.717, 1.165) is 31.4 Å². The summed E-state index contributed by atoms with van der Waals surface area (Å²) in [6, 6.07) is 9.98. The smallest absolute Gasteiger partial charge is 0.281 e. The molecular formula is C19H29N3O3S. The van der Waals surface area contributed by atoms with Gasteiger partial charge in [0.05, 0.1) is 5.92 Å². The molecular weight excluding hydrogens is 350 g/mol. The highest BCUT2D eigenvalue weighted by Gasteiger charge is 2.47. The summed E-state index contributed by atoms with van der Waals surface area (Å²) in [5, 5.41) is 0. The molecule has 2 aliphatic rings. The molecule has 1 aromatic carbocycles. The van der Waals surface area contributed by atoms with Gasteiger partial charge in [-0.3, -0.25) is 4.79 Å². The molecule has 3 rings (SSSR count). The molecule has 1 atom stereocenters. The Bertz CT molecular complexity index is 741. The van der Waals surface area contributed by atoms with Crippen LogP contribution in [0.5, 0.6) is 0 Å². The van der Waals surface area contributed by atoms with Crippen LogP contribution in [0.2, 0.25) is 0 Å². The molecule has 1 spiro atoms. The fraction of sp³-hybridized carbons (Fsp3) is 0.632. The number of hydrogen-bond acceptors (Lipinski definition) is 3. The molecule has 0 saturated carbocycles. The maximum Gasteiger partial charge on any atom is 0.281 e. The van der Waals surface area contributed by atoms with Crippen molar-refractivity contribution in [2.75, 3.05) is 40.3 Å². The van der Waals surface area contributed by atoms with Crippen molar-refractivity contribution in [2.45, 2.75) is 32.1 Å². The maximum atomic E-state index is 12.9. The van der Waals surface area contributed by atoms with Crippen LogP contribution in [0, 0.1) is 5.41 Å². The zero-order valence-electron chi connectivity index (χ0n) is 15.9. The Morgan fingerprint density at radius 1 is 1.15 bits per heavy atom. The monoisotopic (exact) mass is 379 g/mol. The van der Waals surface area contributed by atoms with Gasteiger partial charge in [0.1, 0.15) is 0 Å². The van der Waals surface area contributed by atoms with Crippen molar-refractivity contribution in [1.82, 2.24) is 13.5 Å². The van der Waals surface area contributed by atoms with Crippen molar-refractivity contribution >= 4 is 16.1 Å². The molecule has 1 aromatic rings. The van der Waals surface area contributed by atoms with Crippen LogP contribution in [0.3, 0.4) is 0 Å². The Morgan fingerprint density at radius 2 is 1.77 bits per heavy atom. The Morgan fingerprint density at radius 3 is 2.31 bits per heavy atom. The van der Waals surface area contributed by atoms with Crippen LogP contribution in [0.4, 0.5) is 0 Å². The number of rotatable bonds is 4. The molecule has 2 aliphatic heterocycles. The number of piperidine rings is 2. The van der Waals surface area contributed by atoms with E-state index in [0.29, 0.717) is 19.6 Å². The van der Waals surface area contributed by atoms with Gasteiger partial charge >= 0.3 is 0 Å². The molecule has 7 heteroatoms. The van der Waals surface area contributed by atoms with E-state index in [1.165, 1.54) is 4.31 Å². The highest BCUT2D eigenvalue weighted by Crippen LogP contribution is 2.45. The maximum absolute atomic E-state index is 12.9.